The van der Waals surface area contributed by atoms with Gasteiger partial charge in [-0.15, -0.1) is 0 Å². The first-order valence-corrected chi connectivity index (χ1v) is 10.5. The highest BCUT2D eigenvalue weighted by Gasteiger charge is 2.19. The largest absolute Gasteiger partial charge is 0.349 e. The van der Waals surface area contributed by atoms with E-state index in [1.165, 1.54) is 19.3 Å². The molecular weight excluding hydrogens is 386 g/mol. The number of likely N-dealkylation sites (tertiary alicyclic amines) is 1. The van der Waals surface area contributed by atoms with Crippen molar-refractivity contribution < 1.29 is 4.79 Å². The molecule has 152 valence electrons. The maximum Gasteiger partial charge on any atom is 0.270 e. The minimum Gasteiger partial charge on any atom is -0.349 e. The van der Waals surface area contributed by atoms with Crippen LogP contribution in [0.5, 0.6) is 0 Å². The highest BCUT2D eigenvalue weighted by molar-refractivity contribution is 6.30. The van der Waals surface area contributed by atoms with Crippen molar-refractivity contribution in [1.82, 2.24) is 24.6 Å². The van der Waals surface area contributed by atoms with E-state index in [9.17, 15) is 4.79 Å². The van der Waals surface area contributed by atoms with E-state index >= 15 is 0 Å². The zero-order valence-electron chi connectivity index (χ0n) is 16.6. The SMILES string of the molecule is Cn1cccc1-c1cc(C(=O)NCCN2CCCCC2)n(-c2ccc(Cl)cc2)n1. The Morgan fingerprint density at radius 3 is 2.59 bits per heavy atom. The van der Waals surface area contributed by atoms with Gasteiger partial charge in [0.15, 0.2) is 0 Å². The van der Waals surface area contributed by atoms with Gasteiger partial charge in [-0.1, -0.05) is 18.0 Å². The van der Waals surface area contributed by atoms with Crippen LogP contribution in [0.2, 0.25) is 5.02 Å². The van der Waals surface area contributed by atoms with Crippen molar-refractivity contribution in [2.45, 2.75) is 19.3 Å². The Balaban J connectivity index is 1.56. The number of nitrogens with one attached hydrogen (secondary N) is 1. The summed E-state index contributed by atoms with van der Waals surface area (Å²) in [5.74, 6) is -0.120. The summed E-state index contributed by atoms with van der Waals surface area (Å²) >= 11 is 6.03. The summed E-state index contributed by atoms with van der Waals surface area (Å²) in [6.45, 7) is 3.75. The second-order valence-electron chi connectivity index (χ2n) is 7.47. The van der Waals surface area contributed by atoms with Crippen molar-refractivity contribution in [3.8, 4) is 17.1 Å². The summed E-state index contributed by atoms with van der Waals surface area (Å²) in [7, 11) is 1.97. The van der Waals surface area contributed by atoms with E-state index in [-0.39, 0.29) is 5.91 Å². The number of rotatable bonds is 6. The molecule has 0 aliphatic carbocycles. The van der Waals surface area contributed by atoms with Crippen molar-refractivity contribution >= 4 is 17.5 Å². The maximum absolute atomic E-state index is 13.0. The lowest BCUT2D eigenvalue weighted by molar-refractivity contribution is 0.0939. The molecular formula is C22H26ClN5O. The molecule has 1 fully saturated rings. The molecule has 6 nitrogen and oxygen atoms in total. The molecule has 1 aliphatic heterocycles. The summed E-state index contributed by atoms with van der Waals surface area (Å²) in [4.78, 5) is 15.4. The van der Waals surface area contributed by atoms with Gasteiger partial charge in [0.25, 0.3) is 5.91 Å². The van der Waals surface area contributed by atoms with Gasteiger partial charge >= 0.3 is 0 Å². The second kappa shape index (κ2) is 8.84. The zero-order valence-corrected chi connectivity index (χ0v) is 17.4. The van der Waals surface area contributed by atoms with Crippen LogP contribution in [0.1, 0.15) is 29.8 Å². The third kappa shape index (κ3) is 4.54. The topological polar surface area (TPSA) is 55.1 Å². The first-order chi connectivity index (χ1) is 14.1. The van der Waals surface area contributed by atoms with Gasteiger partial charge in [0, 0.05) is 31.4 Å². The van der Waals surface area contributed by atoms with Crippen LogP contribution in [0, 0.1) is 0 Å². The average Bonchev–Trinajstić information content (AvgIpc) is 3.35. The van der Waals surface area contributed by atoms with Gasteiger partial charge in [-0.05, 0) is 68.4 Å². The summed E-state index contributed by atoms with van der Waals surface area (Å²) in [6.07, 6.45) is 5.77. The summed E-state index contributed by atoms with van der Waals surface area (Å²) in [5, 5.41) is 8.43. The van der Waals surface area contributed by atoms with Crippen molar-refractivity contribution in [3.05, 3.63) is 59.4 Å². The van der Waals surface area contributed by atoms with Gasteiger partial charge in [0.05, 0.1) is 11.4 Å². The van der Waals surface area contributed by atoms with Crippen LogP contribution in [0.3, 0.4) is 0 Å². The molecule has 0 bridgehead atoms. The Bertz CT molecular complexity index is 970. The molecule has 3 heterocycles. The average molecular weight is 412 g/mol. The molecule has 7 heteroatoms. The van der Waals surface area contributed by atoms with Gasteiger partial charge < -0.3 is 14.8 Å². The van der Waals surface area contributed by atoms with Crippen molar-refractivity contribution in [2.75, 3.05) is 26.2 Å². The van der Waals surface area contributed by atoms with E-state index in [0.29, 0.717) is 17.3 Å². The quantitative estimate of drug-likeness (QED) is 0.672. The minimum atomic E-state index is -0.120. The molecule has 29 heavy (non-hydrogen) atoms. The fraction of sp³-hybridized carbons (Fsp3) is 0.364. The predicted octanol–water partition coefficient (Wildman–Crippen LogP) is 3.75. The molecule has 1 amide bonds. The number of amides is 1. The fourth-order valence-electron chi connectivity index (χ4n) is 3.78. The molecule has 1 aliphatic rings. The van der Waals surface area contributed by atoms with E-state index in [4.69, 9.17) is 16.7 Å². The van der Waals surface area contributed by atoms with Crippen LogP contribution in [0.4, 0.5) is 0 Å². The Kier molecular flexibility index (Phi) is 6.02. The Labute approximate surface area is 176 Å². The van der Waals surface area contributed by atoms with Crippen molar-refractivity contribution in [3.63, 3.8) is 0 Å². The minimum absolute atomic E-state index is 0.120. The molecule has 0 unspecified atom stereocenters. The van der Waals surface area contributed by atoms with Gasteiger partial charge in [-0.3, -0.25) is 4.79 Å². The van der Waals surface area contributed by atoms with Crippen LogP contribution in [0.15, 0.2) is 48.7 Å². The number of benzene rings is 1. The zero-order chi connectivity index (χ0) is 20.2. The summed E-state index contributed by atoms with van der Waals surface area (Å²) in [5.41, 5.74) is 3.03. The molecule has 0 saturated carbocycles. The number of carbonyl (C=O) groups is 1. The van der Waals surface area contributed by atoms with Crippen LogP contribution in [-0.4, -0.2) is 51.3 Å². The van der Waals surface area contributed by atoms with Gasteiger partial charge in [0.1, 0.15) is 11.4 Å². The first kappa shape index (κ1) is 19.7. The highest BCUT2D eigenvalue weighted by atomic mass is 35.5. The number of aromatic nitrogens is 3. The second-order valence-corrected chi connectivity index (χ2v) is 7.90. The van der Waals surface area contributed by atoms with E-state index in [1.807, 2.05) is 48.1 Å². The smallest absolute Gasteiger partial charge is 0.270 e. The molecule has 3 aromatic rings. The number of hydrogen-bond donors (Lipinski definition) is 1. The van der Waals surface area contributed by atoms with Crippen LogP contribution >= 0.6 is 11.6 Å². The lowest BCUT2D eigenvalue weighted by Crippen LogP contribution is -2.38. The summed E-state index contributed by atoms with van der Waals surface area (Å²) in [6, 6.07) is 13.2. The normalized spacial score (nSPS) is 14.8. The van der Waals surface area contributed by atoms with E-state index < -0.39 is 0 Å². The first-order valence-electron chi connectivity index (χ1n) is 10.1. The van der Waals surface area contributed by atoms with Crippen LogP contribution < -0.4 is 5.32 Å². The van der Waals surface area contributed by atoms with Crippen molar-refractivity contribution in [2.24, 2.45) is 7.05 Å². The molecule has 1 saturated heterocycles. The standard InChI is InChI=1S/C22H26ClN5O/c1-26-12-5-6-20(26)19-16-21(28(25-19)18-9-7-17(23)8-10-18)22(29)24-11-15-27-13-3-2-4-14-27/h5-10,12,16H,2-4,11,13-15H2,1H3,(H,24,29). The maximum atomic E-state index is 13.0. The van der Waals surface area contributed by atoms with Crippen molar-refractivity contribution in [1.29, 1.82) is 0 Å². The number of hydrogen-bond acceptors (Lipinski definition) is 3. The molecule has 0 spiro atoms. The number of aryl methyl sites for hydroxylation is 1. The molecule has 4 rings (SSSR count). The summed E-state index contributed by atoms with van der Waals surface area (Å²) < 4.78 is 3.68. The fourth-order valence-corrected chi connectivity index (χ4v) is 3.90. The molecule has 2 aromatic heterocycles. The van der Waals surface area contributed by atoms with Crippen LogP contribution in [-0.2, 0) is 7.05 Å². The Morgan fingerprint density at radius 1 is 1.14 bits per heavy atom. The lowest BCUT2D eigenvalue weighted by Gasteiger charge is -2.26. The van der Waals surface area contributed by atoms with Gasteiger partial charge in [0.2, 0.25) is 0 Å². The van der Waals surface area contributed by atoms with Gasteiger partial charge in [-0.2, -0.15) is 5.10 Å². The number of carbonyl (C=O) groups excluding carboxylic acids is 1. The number of halogens is 1. The van der Waals surface area contributed by atoms with E-state index in [2.05, 4.69) is 10.2 Å². The predicted molar refractivity (Wildman–Crippen MR) is 116 cm³/mol. The van der Waals surface area contributed by atoms with E-state index in [0.717, 1.165) is 36.7 Å². The molecule has 1 N–H and O–H groups in total. The lowest BCUT2D eigenvalue weighted by atomic mass is 10.1. The molecule has 1 aromatic carbocycles. The van der Waals surface area contributed by atoms with Gasteiger partial charge in [-0.25, -0.2) is 4.68 Å². The van der Waals surface area contributed by atoms with E-state index in [1.54, 1.807) is 16.8 Å². The Hall–Kier alpha value is -2.57. The number of nitrogens with zero attached hydrogens (tertiary/aromatic N) is 4. The van der Waals surface area contributed by atoms with Crippen LogP contribution in [0.25, 0.3) is 17.1 Å². The molecule has 0 atom stereocenters. The third-order valence-corrected chi connectivity index (χ3v) is 5.63. The Morgan fingerprint density at radius 2 is 1.90 bits per heavy atom. The third-order valence-electron chi connectivity index (χ3n) is 5.38. The number of piperidine rings is 1. The highest BCUT2D eigenvalue weighted by Crippen LogP contribution is 2.23. The monoisotopic (exact) mass is 411 g/mol. The molecule has 0 radical (unpaired) electrons.